The quantitative estimate of drug-likeness (QED) is 0.688. The Balaban J connectivity index is 2.20. The predicted molar refractivity (Wildman–Crippen MR) is 61.3 cm³/mol. The van der Waals surface area contributed by atoms with E-state index in [0.29, 0.717) is 24.7 Å². The third kappa shape index (κ3) is 5.06. The van der Waals surface area contributed by atoms with Gasteiger partial charge in [-0.05, 0) is 19.8 Å². The molecule has 1 saturated heterocycles. The van der Waals surface area contributed by atoms with Gasteiger partial charge in [-0.2, -0.15) is 0 Å². The van der Waals surface area contributed by atoms with Crippen LogP contribution in [-0.2, 0) is 20.3 Å². The summed E-state index contributed by atoms with van der Waals surface area (Å²) in [4.78, 5) is 0. The van der Waals surface area contributed by atoms with Crippen LogP contribution in [0, 0.1) is 0 Å². The maximum absolute atomic E-state index is 11.7. The summed E-state index contributed by atoms with van der Waals surface area (Å²) in [5, 5.41) is 0. The van der Waals surface area contributed by atoms with E-state index in [9.17, 15) is 4.21 Å². The van der Waals surface area contributed by atoms with Crippen LogP contribution in [0.4, 0.5) is 0 Å². The molecule has 0 bridgehead atoms. The number of hydrogen-bond donors (Lipinski definition) is 1. The zero-order valence-electron chi connectivity index (χ0n) is 9.31. The molecule has 4 nitrogen and oxygen atoms in total. The molecule has 1 rings (SSSR count). The fourth-order valence-corrected chi connectivity index (χ4v) is 3.14. The van der Waals surface area contributed by atoms with Crippen molar-refractivity contribution in [3.05, 3.63) is 0 Å². The van der Waals surface area contributed by atoms with Gasteiger partial charge in [0.15, 0.2) is 0 Å². The summed E-state index contributed by atoms with van der Waals surface area (Å²) < 4.78 is 22.5. The summed E-state index contributed by atoms with van der Waals surface area (Å²) in [7, 11) is -0.871. The minimum Gasteiger partial charge on any atom is -0.377 e. The molecule has 5 heteroatoms. The largest absolute Gasteiger partial charge is 0.377 e. The standard InChI is InChI=1S/C10H21NO3S/c1-2-13-10(6-11)8-15(12)7-9-4-3-5-14-9/h9-10H,2-8,11H2,1H3. The molecule has 1 heterocycles. The molecule has 0 radical (unpaired) electrons. The Hall–Kier alpha value is 0.0300. The summed E-state index contributed by atoms with van der Waals surface area (Å²) in [6, 6.07) is 0. The number of hydrogen-bond acceptors (Lipinski definition) is 4. The molecule has 0 aromatic heterocycles. The van der Waals surface area contributed by atoms with Crippen molar-refractivity contribution in [3.8, 4) is 0 Å². The van der Waals surface area contributed by atoms with Gasteiger partial charge in [0.05, 0.1) is 18.0 Å². The Morgan fingerprint density at radius 1 is 1.67 bits per heavy atom. The topological polar surface area (TPSA) is 61.5 Å². The van der Waals surface area contributed by atoms with E-state index in [1.165, 1.54) is 0 Å². The van der Waals surface area contributed by atoms with E-state index in [4.69, 9.17) is 15.2 Å². The van der Waals surface area contributed by atoms with E-state index < -0.39 is 10.8 Å². The molecule has 0 aliphatic carbocycles. The van der Waals surface area contributed by atoms with Gasteiger partial charge in [0.2, 0.25) is 0 Å². The third-order valence-electron chi connectivity index (χ3n) is 2.43. The van der Waals surface area contributed by atoms with E-state index in [2.05, 4.69) is 0 Å². The summed E-state index contributed by atoms with van der Waals surface area (Å²) in [6.45, 7) is 3.80. The maximum atomic E-state index is 11.7. The van der Waals surface area contributed by atoms with Gasteiger partial charge in [-0.3, -0.25) is 4.21 Å². The van der Waals surface area contributed by atoms with Gasteiger partial charge in [0.25, 0.3) is 0 Å². The van der Waals surface area contributed by atoms with Crippen LogP contribution >= 0.6 is 0 Å². The molecule has 0 amide bonds. The van der Waals surface area contributed by atoms with Gasteiger partial charge in [-0.15, -0.1) is 0 Å². The highest BCUT2D eigenvalue weighted by Gasteiger charge is 2.20. The normalized spacial score (nSPS) is 25.3. The van der Waals surface area contributed by atoms with Crippen LogP contribution in [0.3, 0.4) is 0 Å². The molecule has 1 aliphatic rings. The summed E-state index contributed by atoms with van der Waals surface area (Å²) in [5.41, 5.74) is 5.52. The maximum Gasteiger partial charge on any atom is 0.0812 e. The fourth-order valence-electron chi connectivity index (χ4n) is 1.68. The molecule has 15 heavy (non-hydrogen) atoms. The van der Waals surface area contributed by atoms with E-state index in [1.54, 1.807) is 0 Å². The zero-order chi connectivity index (χ0) is 11.1. The van der Waals surface area contributed by atoms with Crippen LogP contribution in [0.2, 0.25) is 0 Å². The lowest BCUT2D eigenvalue weighted by Gasteiger charge is -2.15. The Morgan fingerprint density at radius 3 is 3.00 bits per heavy atom. The highest BCUT2D eigenvalue weighted by Crippen LogP contribution is 2.13. The summed E-state index contributed by atoms with van der Waals surface area (Å²) in [6.07, 6.45) is 2.24. The minimum atomic E-state index is -0.871. The van der Waals surface area contributed by atoms with Crippen LogP contribution in [0.1, 0.15) is 19.8 Å². The van der Waals surface area contributed by atoms with Gasteiger partial charge in [-0.1, -0.05) is 0 Å². The monoisotopic (exact) mass is 235 g/mol. The van der Waals surface area contributed by atoms with Crippen LogP contribution in [-0.4, -0.2) is 47.7 Å². The molecule has 1 aliphatic heterocycles. The van der Waals surface area contributed by atoms with Crippen molar-refractivity contribution in [2.24, 2.45) is 5.73 Å². The Kier molecular flexibility index (Phi) is 6.40. The van der Waals surface area contributed by atoms with Gasteiger partial charge in [0, 0.05) is 36.3 Å². The highest BCUT2D eigenvalue weighted by atomic mass is 32.2. The van der Waals surface area contributed by atoms with Crippen LogP contribution < -0.4 is 5.73 Å². The molecule has 0 spiro atoms. The third-order valence-corrected chi connectivity index (χ3v) is 3.92. The Bertz CT molecular complexity index is 195. The fraction of sp³-hybridized carbons (Fsp3) is 1.00. The van der Waals surface area contributed by atoms with Crippen molar-refractivity contribution in [2.75, 3.05) is 31.3 Å². The van der Waals surface area contributed by atoms with E-state index >= 15 is 0 Å². The first-order valence-corrected chi connectivity index (χ1v) is 7.03. The van der Waals surface area contributed by atoms with Crippen molar-refractivity contribution in [2.45, 2.75) is 32.0 Å². The van der Waals surface area contributed by atoms with Crippen molar-refractivity contribution in [1.82, 2.24) is 0 Å². The average Bonchev–Trinajstić information content (AvgIpc) is 2.69. The lowest BCUT2D eigenvalue weighted by molar-refractivity contribution is 0.0848. The van der Waals surface area contributed by atoms with Gasteiger partial charge in [-0.25, -0.2) is 0 Å². The van der Waals surface area contributed by atoms with Crippen molar-refractivity contribution in [1.29, 1.82) is 0 Å². The number of ether oxygens (including phenoxy) is 2. The second kappa shape index (κ2) is 7.33. The first-order valence-electron chi connectivity index (χ1n) is 5.54. The second-order valence-electron chi connectivity index (χ2n) is 3.72. The van der Waals surface area contributed by atoms with Crippen molar-refractivity contribution >= 4 is 10.8 Å². The number of nitrogens with two attached hydrogens (primary N) is 1. The lowest BCUT2D eigenvalue weighted by atomic mass is 10.3. The molecular formula is C10H21NO3S. The lowest BCUT2D eigenvalue weighted by Crippen LogP contribution is -2.31. The average molecular weight is 235 g/mol. The minimum absolute atomic E-state index is 0.0720. The summed E-state index contributed by atoms with van der Waals surface area (Å²) in [5.74, 6) is 1.16. The highest BCUT2D eigenvalue weighted by molar-refractivity contribution is 7.85. The molecule has 1 fully saturated rings. The Labute approximate surface area is 94.0 Å². The van der Waals surface area contributed by atoms with Crippen LogP contribution in [0.25, 0.3) is 0 Å². The Morgan fingerprint density at radius 2 is 2.47 bits per heavy atom. The molecule has 2 N–H and O–H groups in total. The van der Waals surface area contributed by atoms with E-state index in [0.717, 1.165) is 19.4 Å². The van der Waals surface area contributed by atoms with E-state index in [1.807, 2.05) is 6.92 Å². The zero-order valence-corrected chi connectivity index (χ0v) is 10.1. The van der Waals surface area contributed by atoms with Gasteiger partial charge < -0.3 is 15.2 Å². The first-order chi connectivity index (χ1) is 7.26. The molecule has 90 valence electrons. The number of rotatable bonds is 7. The van der Waals surface area contributed by atoms with E-state index in [-0.39, 0.29) is 12.2 Å². The predicted octanol–water partition coefficient (Wildman–Crippen LogP) is 0.278. The van der Waals surface area contributed by atoms with Crippen LogP contribution in [0.15, 0.2) is 0 Å². The smallest absolute Gasteiger partial charge is 0.0812 e. The summed E-state index contributed by atoms with van der Waals surface area (Å²) >= 11 is 0. The molecule has 3 unspecified atom stereocenters. The second-order valence-corrected chi connectivity index (χ2v) is 5.27. The first kappa shape index (κ1) is 13.1. The van der Waals surface area contributed by atoms with Crippen molar-refractivity contribution in [3.63, 3.8) is 0 Å². The molecular weight excluding hydrogens is 214 g/mol. The molecule has 0 aromatic rings. The van der Waals surface area contributed by atoms with Crippen molar-refractivity contribution < 1.29 is 13.7 Å². The SMILES string of the molecule is CCOC(CN)CS(=O)CC1CCCO1. The molecule has 3 atom stereocenters. The molecule has 0 aromatic carbocycles. The van der Waals surface area contributed by atoms with Crippen LogP contribution in [0.5, 0.6) is 0 Å². The van der Waals surface area contributed by atoms with Gasteiger partial charge >= 0.3 is 0 Å². The van der Waals surface area contributed by atoms with Gasteiger partial charge in [0.1, 0.15) is 0 Å². The molecule has 0 saturated carbocycles.